The summed E-state index contributed by atoms with van der Waals surface area (Å²) >= 11 is 3.15. The Kier molecular flexibility index (Phi) is 3.99. The zero-order valence-corrected chi connectivity index (χ0v) is 11.6. The molecule has 0 aliphatic heterocycles. The number of nitrogens with one attached hydrogen (secondary N) is 1. The molecule has 2 rings (SSSR count). The number of carboxylic acids is 1. The molecule has 2 aromatic carbocycles. The molecule has 7 heteroatoms. The van der Waals surface area contributed by atoms with E-state index in [1.807, 2.05) is 0 Å². The van der Waals surface area contributed by atoms with Crippen LogP contribution in [0.5, 0.6) is 0 Å². The van der Waals surface area contributed by atoms with Gasteiger partial charge in [0.1, 0.15) is 0 Å². The summed E-state index contributed by atoms with van der Waals surface area (Å²) in [5.74, 6) is -1.06. The Balaban J connectivity index is 2.30. The molecule has 0 fully saturated rings. The number of benzene rings is 2. The van der Waals surface area contributed by atoms with Gasteiger partial charge in [0.15, 0.2) is 0 Å². The number of nitro benzene ring substituents is 1. The molecule has 0 saturated carbocycles. The molecule has 6 nitrogen and oxygen atoms in total. The summed E-state index contributed by atoms with van der Waals surface area (Å²) in [5, 5.41) is 22.6. The molecular formula is C13H9BrN2O4. The molecule has 2 aromatic rings. The van der Waals surface area contributed by atoms with Gasteiger partial charge in [-0.1, -0.05) is 6.07 Å². The van der Waals surface area contributed by atoms with E-state index in [1.54, 1.807) is 24.3 Å². The molecule has 102 valence electrons. The lowest BCUT2D eigenvalue weighted by molar-refractivity contribution is -0.384. The highest BCUT2D eigenvalue weighted by molar-refractivity contribution is 9.10. The monoisotopic (exact) mass is 336 g/mol. The van der Waals surface area contributed by atoms with Crippen molar-refractivity contribution < 1.29 is 14.8 Å². The van der Waals surface area contributed by atoms with Crippen LogP contribution in [0.1, 0.15) is 10.4 Å². The normalized spacial score (nSPS) is 10.1. The van der Waals surface area contributed by atoms with Crippen LogP contribution >= 0.6 is 15.9 Å². The van der Waals surface area contributed by atoms with E-state index in [4.69, 9.17) is 5.11 Å². The fraction of sp³-hybridized carbons (Fsp3) is 0. The summed E-state index contributed by atoms with van der Waals surface area (Å²) in [6.45, 7) is 0. The van der Waals surface area contributed by atoms with Crippen molar-refractivity contribution in [1.82, 2.24) is 0 Å². The second-order valence-electron chi connectivity index (χ2n) is 3.93. The van der Waals surface area contributed by atoms with E-state index in [2.05, 4.69) is 21.2 Å². The lowest BCUT2D eigenvalue weighted by Gasteiger charge is -2.08. The van der Waals surface area contributed by atoms with Gasteiger partial charge in [0.25, 0.3) is 5.69 Å². The van der Waals surface area contributed by atoms with Gasteiger partial charge < -0.3 is 10.4 Å². The molecular weight excluding hydrogens is 328 g/mol. The maximum Gasteiger partial charge on any atom is 0.336 e. The van der Waals surface area contributed by atoms with Gasteiger partial charge in [0.2, 0.25) is 0 Å². The van der Waals surface area contributed by atoms with Crippen molar-refractivity contribution in [3.63, 3.8) is 0 Å². The fourth-order valence-electron chi connectivity index (χ4n) is 1.63. The highest BCUT2D eigenvalue weighted by atomic mass is 79.9. The van der Waals surface area contributed by atoms with E-state index in [1.165, 1.54) is 18.2 Å². The van der Waals surface area contributed by atoms with Crippen LogP contribution in [0, 0.1) is 10.1 Å². The van der Waals surface area contributed by atoms with Gasteiger partial charge in [-0.3, -0.25) is 10.1 Å². The summed E-state index contributed by atoms with van der Waals surface area (Å²) in [6, 6.07) is 10.7. The van der Waals surface area contributed by atoms with Crippen LogP contribution in [0.2, 0.25) is 0 Å². The van der Waals surface area contributed by atoms with Crippen LogP contribution in [-0.4, -0.2) is 16.0 Å². The zero-order chi connectivity index (χ0) is 14.7. The topological polar surface area (TPSA) is 92.5 Å². The molecule has 2 N–H and O–H groups in total. The van der Waals surface area contributed by atoms with Gasteiger partial charge in [-0.15, -0.1) is 0 Å². The number of non-ortho nitro benzene ring substituents is 1. The average molecular weight is 337 g/mol. The third kappa shape index (κ3) is 3.12. The Bertz CT molecular complexity index is 688. The molecule has 0 aliphatic carbocycles. The van der Waals surface area contributed by atoms with Crippen LogP contribution in [0.4, 0.5) is 17.1 Å². The largest absolute Gasteiger partial charge is 0.478 e. The van der Waals surface area contributed by atoms with E-state index >= 15 is 0 Å². The van der Waals surface area contributed by atoms with E-state index in [0.717, 1.165) is 0 Å². The van der Waals surface area contributed by atoms with Gasteiger partial charge >= 0.3 is 5.97 Å². The molecule has 0 radical (unpaired) electrons. The molecule has 0 saturated heterocycles. The predicted molar refractivity (Wildman–Crippen MR) is 77.5 cm³/mol. The lowest BCUT2D eigenvalue weighted by atomic mass is 10.2. The SMILES string of the molecule is O=C(O)c1cc(Nc2cccc([N+](=O)[O-])c2)ccc1Br. The molecule has 0 unspecified atom stereocenters. The molecule has 0 aromatic heterocycles. The first-order valence-corrected chi connectivity index (χ1v) is 6.31. The quantitative estimate of drug-likeness (QED) is 0.654. The third-order valence-electron chi connectivity index (χ3n) is 2.54. The van der Waals surface area contributed by atoms with E-state index in [9.17, 15) is 14.9 Å². The fourth-order valence-corrected chi connectivity index (χ4v) is 2.05. The third-order valence-corrected chi connectivity index (χ3v) is 3.23. The number of carboxylic acid groups (broad SMARTS) is 1. The van der Waals surface area contributed by atoms with Gasteiger partial charge in [-0.25, -0.2) is 4.79 Å². The summed E-state index contributed by atoms with van der Waals surface area (Å²) in [4.78, 5) is 21.2. The highest BCUT2D eigenvalue weighted by Gasteiger charge is 2.10. The minimum atomic E-state index is -1.06. The smallest absolute Gasteiger partial charge is 0.336 e. The van der Waals surface area contributed by atoms with Crippen molar-refractivity contribution in [3.8, 4) is 0 Å². The molecule has 0 bridgehead atoms. The molecule has 0 aliphatic rings. The standard InChI is InChI=1S/C13H9BrN2O4/c14-12-5-4-9(7-11(12)13(17)18)15-8-2-1-3-10(6-8)16(19)20/h1-7,15H,(H,17,18). The van der Waals surface area contributed by atoms with Gasteiger partial charge in [-0.05, 0) is 40.2 Å². The minimum Gasteiger partial charge on any atom is -0.478 e. The first-order chi connectivity index (χ1) is 9.47. The Labute approximate surface area is 122 Å². The van der Waals surface area contributed by atoms with Gasteiger partial charge in [0, 0.05) is 28.0 Å². The second kappa shape index (κ2) is 5.70. The van der Waals surface area contributed by atoms with Gasteiger partial charge in [0.05, 0.1) is 10.5 Å². The number of hydrogen-bond acceptors (Lipinski definition) is 4. The number of rotatable bonds is 4. The number of nitrogens with zero attached hydrogens (tertiary/aromatic N) is 1. The molecule has 20 heavy (non-hydrogen) atoms. The van der Waals surface area contributed by atoms with Gasteiger partial charge in [-0.2, -0.15) is 0 Å². The van der Waals surface area contributed by atoms with Crippen LogP contribution in [0.15, 0.2) is 46.9 Å². The predicted octanol–water partition coefficient (Wildman–Crippen LogP) is 3.80. The Hall–Kier alpha value is -2.41. The highest BCUT2D eigenvalue weighted by Crippen LogP contribution is 2.25. The number of aromatic carboxylic acids is 1. The number of hydrogen-bond donors (Lipinski definition) is 2. The van der Waals surface area contributed by atoms with E-state index < -0.39 is 10.9 Å². The average Bonchev–Trinajstić information content (AvgIpc) is 2.41. The summed E-state index contributed by atoms with van der Waals surface area (Å²) < 4.78 is 0.467. The Morgan fingerprint density at radius 2 is 1.90 bits per heavy atom. The van der Waals surface area contributed by atoms with E-state index in [-0.39, 0.29) is 11.3 Å². The number of halogens is 1. The van der Waals surface area contributed by atoms with E-state index in [0.29, 0.717) is 15.8 Å². The van der Waals surface area contributed by atoms with Crippen LogP contribution in [0.3, 0.4) is 0 Å². The maximum atomic E-state index is 11.0. The maximum absolute atomic E-state index is 11.0. The minimum absolute atomic E-state index is 0.0365. The lowest BCUT2D eigenvalue weighted by Crippen LogP contribution is -1.99. The van der Waals surface area contributed by atoms with Crippen molar-refractivity contribution in [2.45, 2.75) is 0 Å². The Morgan fingerprint density at radius 3 is 2.55 bits per heavy atom. The van der Waals surface area contributed by atoms with Crippen molar-refractivity contribution in [2.24, 2.45) is 0 Å². The molecule has 0 spiro atoms. The summed E-state index contributed by atoms with van der Waals surface area (Å²) in [5.41, 5.74) is 1.12. The van der Waals surface area contributed by atoms with Crippen molar-refractivity contribution in [1.29, 1.82) is 0 Å². The summed E-state index contributed by atoms with van der Waals surface area (Å²) in [6.07, 6.45) is 0. The molecule has 0 amide bonds. The number of anilines is 2. The second-order valence-corrected chi connectivity index (χ2v) is 4.79. The van der Waals surface area contributed by atoms with Crippen molar-refractivity contribution in [3.05, 3.63) is 62.6 Å². The molecule has 0 atom stereocenters. The van der Waals surface area contributed by atoms with Crippen LogP contribution in [-0.2, 0) is 0 Å². The zero-order valence-electron chi connectivity index (χ0n) is 10.0. The van der Waals surface area contributed by atoms with Crippen LogP contribution in [0.25, 0.3) is 0 Å². The number of carbonyl (C=O) groups is 1. The van der Waals surface area contributed by atoms with Crippen molar-refractivity contribution in [2.75, 3.05) is 5.32 Å². The first-order valence-electron chi connectivity index (χ1n) is 5.51. The van der Waals surface area contributed by atoms with Crippen molar-refractivity contribution >= 4 is 39.0 Å². The first kappa shape index (κ1) is 14.0. The molecule has 0 heterocycles. The number of nitro groups is 1. The Morgan fingerprint density at radius 1 is 1.20 bits per heavy atom. The van der Waals surface area contributed by atoms with Crippen LogP contribution < -0.4 is 5.32 Å². The summed E-state index contributed by atoms with van der Waals surface area (Å²) in [7, 11) is 0.